The summed E-state index contributed by atoms with van der Waals surface area (Å²) in [4.78, 5) is 11.0. The Hall–Kier alpha value is -2.83. The van der Waals surface area contributed by atoms with Gasteiger partial charge in [0.25, 0.3) is 5.69 Å². The lowest BCUT2D eigenvalue weighted by Crippen LogP contribution is -2.37. The average molecular weight is 413 g/mol. The maximum atomic E-state index is 11.4. The van der Waals surface area contributed by atoms with Crippen molar-refractivity contribution in [2.45, 2.75) is 38.5 Å². The summed E-state index contributed by atoms with van der Waals surface area (Å²) in [5.41, 5.74) is 1.98. The van der Waals surface area contributed by atoms with E-state index in [0.717, 1.165) is 24.1 Å². The first-order valence-electron chi connectivity index (χ1n) is 9.55. The lowest BCUT2D eigenvalue weighted by Gasteiger charge is -2.42. The second-order valence-electron chi connectivity index (χ2n) is 7.01. The minimum atomic E-state index is -0.495. The summed E-state index contributed by atoms with van der Waals surface area (Å²) in [6.45, 7) is 4.21. The fraction of sp³-hybridized carbons (Fsp3) is 0.273. The molecule has 0 saturated carbocycles. The summed E-state index contributed by atoms with van der Waals surface area (Å²) < 4.78 is 12.5. The van der Waals surface area contributed by atoms with Crippen LogP contribution in [0.2, 0.25) is 5.02 Å². The van der Waals surface area contributed by atoms with E-state index in [4.69, 9.17) is 20.8 Å². The van der Waals surface area contributed by atoms with Crippen molar-refractivity contribution in [1.29, 1.82) is 0 Å². The maximum Gasteiger partial charge on any atom is 0.281 e. The molecular formula is C22H21ClN2O4. The van der Waals surface area contributed by atoms with Crippen molar-refractivity contribution >= 4 is 23.0 Å². The van der Waals surface area contributed by atoms with Gasteiger partial charge in [0, 0.05) is 22.3 Å². The molecule has 0 bridgehead atoms. The Morgan fingerprint density at radius 3 is 2.62 bits per heavy atom. The second-order valence-corrected chi connectivity index (χ2v) is 7.45. The molecule has 1 unspecified atom stereocenters. The number of anilines is 1. The van der Waals surface area contributed by atoms with E-state index in [9.17, 15) is 10.1 Å². The van der Waals surface area contributed by atoms with Crippen LogP contribution in [0.4, 0.5) is 11.4 Å². The third-order valence-corrected chi connectivity index (χ3v) is 5.73. The Balaban J connectivity index is 1.72. The van der Waals surface area contributed by atoms with Crippen molar-refractivity contribution in [3.8, 4) is 11.3 Å². The van der Waals surface area contributed by atoms with Gasteiger partial charge in [0.2, 0.25) is 0 Å². The molecule has 1 aliphatic heterocycles. The molecule has 2 aromatic carbocycles. The summed E-state index contributed by atoms with van der Waals surface area (Å²) >= 11 is 5.92. The van der Waals surface area contributed by atoms with Gasteiger partial charge in [-0.15, -0.1) is 0 Å². The summed E-state index contributed by atoms with van der Waals surface area (Å²) in [5, 5.41) is 15.1. The summed E-state index contributed by atoms with van der Waals surface area (Å²) in [5.74, 6) is 0.955. The Morgan fingerprint density at radius 2 is 1.90 bits per heavy atom. The van der Waals surface area contributed by atoms with Crippen molar-refractivity contribution in [3.63, 3.8) is 0 Å². The third-order valence-electron chi connectivity index (χ3n) is 5.50. The zero-order valence-electron chi connectivity index (χ0n) is 16.1. The molecule has 0 aliphatic carbocycles. The number of furan rings is 1. The van der Waals surface area contributed by atoms with Crippen LogP contribution in [-0.4, -0.2) is 4.92 Å². The molecule has 2 heterocycles. The quantitative estimate of drug-likeness (QED) is 0.374. The van der Waals surface area contributed by atoms with Crippen molar-refractivity contribution in [3.05, 3.63) is 81.1 Å². The van der Waals surface area contributed by atoms with Gasteiger partial charge >= 0.3 is 0 Å². The van der Waals surface area contributed by atoms with Gasteiger partial charge in [-0.3, -0.25) is 10.1 Å². The van der Waals surface area contributed by atoms with Gasteiger partial charge in [-0.25, -0.2) is 0 Å². The first kappa shape index (κ1) is 19.5. The van der Waals surface area contributed by atoms with E-state index in [2.05, 4.69) is 25.2 Å². The molecule has 0 radical (unpaired) electrons. The van der Waals surface area contributed by atoms with Gasteiger partial charge in [-0.1, -0.05) is 43.6 Å². The number of halogens is 1. The predicted molar refractivity (Wildman–Crippen MR) is 112 cm³/mol. The molecule has 1 aliphatic rings. The monoisotopic (exact) mass is 412 g/mol. The number of para-hydroxylation sites is 1. The minimum absolute atomic E-state index is 0.0993. The van der Waals surface area contributed by atoms with Crippen LogP contribution in [0.3, 0.4) is 0 Å². The number of nitrogens with zero attached hydrogens (tertiary/aromatic N) is 1. The number of nitro benzene ring substituents is 1. The topological polar surface area (TPSA) is 77.5 Å². The van der Waals surface area contributed by atoms with Gasteiger partial charge in [0.1, 0.15) is 5.76 Å². The Labute approximate surface area is 173 Å². The van der Waals surface area contributed by atoms with Crippen LogP contribution in [0, 0.1) is 10.1 Å². The molecule has 6 nitrogen and oxygen atoms in total. The molecule has 4 rings (SSSR count). The molecule has 0 amide bonds. The van der Waals surface area contributed by atoms with Crippen LogP contribution in [0.1, 0.15) is 44.2 Å². The summed E-state index contributed by atoms with van der Waals surface area (Å²) in [7, 11) is 0. The molecule has 1 atom stereocenters. The highest BCUT2D eigenvalue weighted by molar-refractivity contribution is 6.30. The van der Waals surface area contributed by atoms with Crippen LogP contribution < -0.4 is 5.32 Å². The number of fused-ring (bicyclic) bond motifs is 1. The lowest BCUT2D eigenvalue weighted by atomic mass is 9.85. The molecule has 29 heavy (non-hydrogen) atoms. The van der Waals surface area contributed by atoms with Crippen LogP contribution in [-0.2, 0) is 10.3 Å². The molecule has 1 aromatic heterocycles. The first-order chi connectivity index (χ1) is 14.0. The van der Waals surface area contributed by atoms with E-state index in [1.165, 1.54) is 6.07 Å². The van der Waals surface area contributed by atoms with E-state index in [-0.39, 0.29) is 5.69 Å². The molecule has 150 valence electrons. The molecular weight excluding hydrogens is 392 g/mol. The standard InChI is InChI=1S/C22H21ClN2O4/c1-3-22(4-2)16-7-5-6-8-17(16)24-21(29-22)20-12-11-19(28-20)15-10-9-14(23)13-18(15)25(26)27/h5-13,21,24H,3-4H2,1-2H3. The molecule has 0 fully saturated rings. The largest absolute Gasteiger partial charge is 0.456 e. The minimum Gasteiger partial charge on any atom is -0.456 e. The van der Waals surface area contributed by atoms with Gasteiger partial charge in [0.15, 0.2) is 12.0 Å². The Kier molecular flexibility index (Phi) is 5.06. The van der Waals surface area contributed by atoms with Crippen molar-refractivity contribution in [2.75, 3.05) is 5.32 Å². The second kappa shape index (κ2) is 7.54. The molecule has 3 aromatic rings. The van der Waals surface area contributed by atoms with Crippen molar-refractivity contribution in [2.24, 2.45) is 0 Å². The highest BCUT2D eigenvalue weighted by Gasteiger charge is 2.40. The van der Waals surface area contributed by atoms with Crippen molar-refractivity contribution < 1.29 is 14.1 Å². The van der Waals surface area contributed by atoms with Crippen molar-refractivity contribution in [1.82, 2.24) is 0 Å². The highest BCUT2D eigenvalue weighted by atomic mass is 35.5. The van der Waals surface area contributed by atoms with Gasteiger partial charge in [-0.2, -0.15) is 0 Å². The van der Waals surface area contributed by atoms with Crippen LogP contribution >= 0.6 is 11.6 Å². The zero-order chi connectivity index (χ0) is 20.6. The van der Waals surface area contributed by atoms with E-state index >= 15 is 0 Å². The summed E-state index contributed by atoms with van der Waals surface area (Å²) in [6.07, 6.45) is 1.13. The Bertz CT molecular complexity index is 1060. The number of nitrogens with one attached hydrogen (secondary N) is 1. The van der Waals surface area contributed by atoms with E-state index < -0.39 is 16.8 Å². The van der Waals surface area contributed by atoms with Gasteiger partial charge in [-0.05, 0) is 43.2 Å². The molecule has 1 N–H and O–H groups in total. The lowest BCUT2D eigenvalue weighted by molar-refractivity contribution is -0.384. The Morgan fingerprint density at radius 1 is 1.14 bits per heavy atom. The number of nitro groups is 1. The predicted octanol–water partition coefficient (Wildman–Crippen LogP) is 6.66. The summed E-state index contributed by atoms with van der Waals surface area (Å²) in [6, 6.07) is 16.1. The van der Waals surface area contributed by atoms with Crippen LogP contribution in [0.5, 0.6) is 0 Å². The zero-order valence-corrected chi connectivity index (χ0v) is 16.9. The number of hydrogen-bond donors (Lipinski definition) is 1. The number of benzene rings is 2. The SMILES string of the molecule is CCC1(CC)OC(c2ccc(-c3ccc(Cl)cc3[N+](=O)[O-])o2)Nc2ccccc21. The van der Waals surface area contributed by atoms with E-state index in [0.29, 0.717) is 22.1 Å². The third kappa shape index (κ3) is 3.39. The molecule has 0 saturated heterocycles. The first-order valence-corrected chi connectivity index (χ1v) is 9.93. The number of hydrogen-bond acceptors (Lipinski definition) is 5. The maximum absolute atomic E-state index is 11.4. The van der Waals surface area contributed by atoms with Gasteiger partial charge < -0.3 is 14.5 Å². The number of rotatable bonds is 5. The molecule has 7 heteroatoms. The molecule has 0 spiro atoms. The smallest absolute Gasteiger partial charge is 0.281 e. The van der Waals surface area contributed by atoms with E-state index in [1.807, 2.05) is 18.2 Å². The highest BCUT2D eigenvalue weighted by Crippen LogP contribution is 2.46. The number of ether oxygens (including phenoxy) is 1. The van der Waals surface area contributed by atoms with Crippen LogP contribution in [0.25, 0.3) is 11.3 Å². The fourth-order valence-electron chi connectivity index (χ4n) is 3.90. The van der Waals surface area contributed by atoms with E-state index in [1.54, 1.807) is 24.3 Å². The fourth-order valence-corrected chi connectivity index (χ4v) is 4.06. The average Bonchev–Trinajstić information content (AvgIpc) is 3.23. The van der Waals surface area contributed by atoms with Crippen LogP contribution in [0.15, 0.2) is 59.0 Å². The van der Waals surface area contributed by atoms with Gasteiger partial charge in [0.05, 0.1) is 16.1 Å². The normalized spacial score (nSPS) is 17.4.